The molecule has 1 fully saturated rings. The molecule has 1 aliphatic heterocycles. The van der Waals surface area contributed by atoms with E-state index in [0.717, 1.165) is 45.1 Å². The van der Waals surface area contributed by atoms with E-state index >= 15 is 0 Å². The van der Waals surface area contributed by atoms with Crippen LogP contribution in [0.1, 0.15) is 52.4 Å². The Kier molecular flexibility index (Phi) is 9.95. The van der Waals surface area contributed by atoms with Crippen LogP contribution in [-0.4, -0.2) is 30.7 Å². The number of hydrogen-bond acceptors (Lipinski definition) is 4. The molecule has 0 aromatic rings. The molecule has 0 aromatic heterocycles. The predicted molar refractivity (Wildman–Crippen MR) is 95.6 cm³/mol. The summed E-state index contributed by atoms with van der Waals surface area (Å²) in [6, 6.07) is 0. The summed E-state index contributed by atoms with van der Waals surface area (Å²) < 4.78 is 16.5. The van der Waals surface area contributed by atoms with E-state index in [1.165, 1.54) is 5.57 Å². The summed E-state index contributed by atoms with van der Waals surface area (Å²) in [6.45, 7) is 8.48. The molecule has 0 N–H and O–H groups in total. The highest BCUT2D eigenvalue weighted by molar-refractivity contribution is 7.10. The van der Waals surface area contributed by atoms with Crippen LogP contribution in [0.2, 0.25) is 0 Å². The Balaban J connectivity index is 2.33. The van der Waals surface area contributed by atoms with E-state index in [1.807, 2.05) is 6.92 Å². The van der Waals surface area contributed by atoms with Gasteiger partial charge in [-0.05, 0) is 51.0 Å². The summed E-state index contributed by atoms with van der Waals surface area (Å²) in [6.07, 6.45) is 5.96. The van der Waals surface area contributed by atoms with Crippen LogP contribution in [-0.2, 0) is 18.6 Å². The molecule has 1 rings (SSSR count). The fraction of sp³-hybridized carbons (Fsp3) is 0.812. The Bertz CT molecular complexity index is 362. The van der Waals surface area contributed by atoms with Gasteiger partial charge in [-0.2, -0.15) is 0 Å². The van der Waals surface area contributed by atoms with Crippen molar-refractivity contribution in [1.82, 2.24) is 0 Å². The van der Waals surface area contributed by atoms with Crippen LogP contribution < -0.4 is 0 Å². The highest BCUT2D eigenvalue weighted by Gasteiger charge is 2.29. The van der Waals surface area contributed by atoms with Crippen LogP contribution in [0.4, 0.5) is 0 Å². The maximum Gasteiger partial charge on any atom is 0.132 e. The minimum atomic E-state index is 0.0397. The maximum absolute atomic E-state index is 11.4. The second-order valence-electron chi connectivity index (χ2n) is 6.20. The first-order valence-corrected chi connectivity index (χ1v) is 8.93. The van der Waals surface area contributed by atoms with E-state index in [1.54, 1.807) is 6.92 Å². The standard InChI is InChI=1S/C16H30O4P2/c1-11(13(3)17)9-15(20-22)6-7-16-12(2)10-14(19-16)5-4-8-18-21/h11,14-16H,2,4-10,21-22H2,1,3H3/t11-,14+,15-,16?/m1/s1. The van der Waals surface area contributed by atoms with Crippen molar-refractivity contribution in [3.05, 3.63) is 12.2 Å². The lowest BCUT2D eigenvalue weighted by molar-refractivity contribution is -0.121. The van der Waals surface area contributed by atoms with Gasteiger partial charge in [0.05, 0.1) is 24.9 Å². The molecule has 6 heteroatoms. The molecule has 0 aliphatic carbocycles. The van der Waals surface area contributed by atoms with E-state index < -0.39 is 0 Å². The third-order valence-corrected chi connectivity index (χ3v) is 4.96. The van der Waals surface area contributed by atoms with Crippen LogP contribution in [0.15, 0.2) is 12.2 Å². The van der Waals surface area contributed by atoms with E-state index in [2.05, 4.69) is 25.5 Å². The van der Waals surface area contributed by atoms with Crippen molar-refractivity contribution < 1.29 is 18.6 Å². The molecular formula is C16H30O4P2. The van der Waals surface area contributed by atoms with Gasteiger partial charge in [-0.3, -0.25) is 4.79 Å². The van der Waals surface area contributed by atoms with Gasteiger partial charge in [0.25, 0.3) is 0 Å². The van der Waals surface area contributed by atoms with Crippen molar-refractivity contribution in [2.45, 2.75) is 70.7 Å². The molecule has 0 saturated carbocycles. The molecule has 0 spiro atoms. The van der Waals surface area contributed by atoms with Gasteiger partial charge in [0.1, 0.15) is 5.78 Å². The third-order valence-electron chi connectivity index (χ3n) is 4.34. The van der Waals surface area contributed by atoms with E-state index in [-0.39, 0.29) is 30.0 Å². The molecule has 0 radical (unpaired) electrons. The molecule has 1 saturated heterocycles. The smallest absolute Gasteiger partial charge is 0.132 e. The van der Waals surface area contributed by atoms with Gasteiger partial charge in [0.15, 0.2) is 0 Å². The highest BCUT2D eigenvalue weighted by atomic mass is 31.0. The van der Waals surface area contributed by atoms with Gasteiger partial charge < -0.3 is 13.8 Å². The number of ketones is 1. The molecular weight excluding hydrogens is 318 g/mol. The van der Waals surface area contributed by atoms with Crippen molar-refractivity contribution in [1.29, 1.82) is 0 Å². The molecule has 128 valence electrons. The number of hydrogen-bond donors (Lipinski definition) is 0. The lowest BCUT2D eigenvalue weighted by Crippen LogP contribution is -2.20. The van der Waals surface area contributed by atoms with E-state index in [4.69, 9.17) is 13.8 Å². The fourth-order valence-electron chi connectivity index (χ4n) is 2.78. The largest absolute Gasteiger partial charge is 0.370 e. The van der Waals surface area contributed by atoms with Crippen LogP contribution in [0.25, 0.3) is 0 Å². The normalized spacial score (nSPS) is 24.5. The first kappa shape index (κ1) is 20.2. The van der Waals surface area contributed by atoms with Crippen molar-refractivity contribution in [2.75, 3.05) is 6.61 Å². The second-order valence-corrected chi connectivity index (χ2v) is 6.81. The van der Waals surface area contributed by atoms with Crippen LogP contribution in [0.5, 0.6) is 0 Å². The maximum atomic E-state index is 11.4. The van der Waals surface area contributed by atoms with Crippen molar-refractivity contribution >= 4 is 24.7 Å². The Morgan fingerprint density at radius 2 is 2.18 bits per heavy atom. The van der Waals surface area contributed by atoms with Gasteiger partial charge >= 0.3 is 0 Å². The van der Waals surface area contributed by atoms with Gasteiger partial charge in [-0.25, -0.2) is 0 Å². The average molecular weight is 348 g/mol. The topological polar surface area (TPSA) is 44.8 Å². The van der Waals surface area contributed by atoms with Crippen molar-refractivity contribution in [2.24, 2.45) is 5.92 Å². The average Bonchev–Trinajstić information content (AvgIpc) is 2.83. The number of carbonyl (C=O) groups is 1. The monoisotopic (exact) mass is 348 g/mol. The number of Topliss-reactive ketones (excluding diaryl/α,β-unsaturated/α-hetero) is 1. The fourth-order valence-corrected chi connectivity index (χ4v) is 3.19. The van der Waals surface area contributed by atoms with Gasteiger partial charge in [-0.1, -0.05) is 13.5 Å². The minimum absolute atomic E-state index is 0.0397. The molecule has 1 aliphatic rings. The minimum Gasteiger partial charge on any atom is -0.370 e. The Morgan fingerprint density at radius 1 is 1.45 bits per heavy atom. The number of ether oxygens (including phenoxy) is 1. The zero-order chi connectivity index (χ0) is 16.5. The van der Waals surface area contributed by atoms with Crippen LogP contribution in [0.3, 0.4) is 0 Å². The molecule has 1 heterocycles. The summed E-state index contributed by atoms with van der Waals surface area (Å²) >= 11 is 0. The number of carbonyl (C=O) groups excluding carboxylic acids is 1. The van der Waals surface area contributed by atoms with Gasteiger partial charge in [-0.15, -0.1) is 0 Å². The first-order valence-electron chi connectivity index (χ1n) is 7.98. The highest BCUT2D eigenvalue weighted by Crippen LogP contribution is 2.31. The molecule has 22 heavy (non-hydrogen) atoms. The summed E-state index contributed by atoms with van der Waals surface area (Å²) in [5.74, 6) is 0.253. The molecule has 6 atom stereocenters. The van der Waals surface area contributed by atoms with Crippen molar-refractivity contribution in [3.8, 4) is 0 Å². The SMILES string of the molecule is C=C1C[C@H](CCCOP)OC1CC[C@H](C[C@@H](C)C(C)=O)OP. The predicted octanol–water partition coefficient (Wildman–Crippen LogP) is 3.86. The summed E-state index contributed by atoms with van der Waals surface area (Å²) in [5.41, 5.74) is 1.18. The first-order chi connectivity index (χ1) is 10.5. The second kappa shape index (κ2) is 10.8. The summed E-state index contributed by atoms with van der Waals surface area (Å²) in [7, 11) is 4.60. The zero-order valence-corrected chi connectivity index (χ0v) is 16.1. The molecule has 0 amide bonds. The Labute approximate surface area is 139 Å². The van der Waals surface area contributed by atoms with E-state index in [0.29, 0.717) is 0 Å². The quantitative estimate of drug-likeness (QED) is 0.323. The zero-order valence-electron chi connectivity index (χ0n) is 13.8. The Hall–Kier alpha value is 0.150. The van der Waals surface area contributed by atoms with Crippen LogP contribution >= 0.6 is 18.9 Å². The Morgan fingerprint density at radius 3 is 2.77 bits per heavy atom. The third kappa shape index (κ3) is 7.15. The van der Waals surface area contributed by atoms with Crippen molar-refractivity contribution in [3.63, 3.8) is 0 Å². The molecule has 4 nitrogen and oxygen atoms in total. The van der Waals surface area contributed by atoms with Gasteiger partial charge in [0.2, 0.25) is 0 Å². The molecule has 0 aromatic carbocycles. The lowest BCUT2D eigenvalue weighted by atomic mass is 9.95. The van der Waals surface area contributed by atoms with Crippen LogP contribution in [0, 0.1) is 5.92 Å². The van der Waals surface area contributed by atoms with Gasteiger partial charge in [0, 0.05) is 24.9 Å². The number of rotatable bonds is 11. The summed E-state index contributed by atoms with van der Waals surface area (Å²) in [5, 5.41) is 0. The van der Waals surface area contributed by atoms with E-state index in [9.17, 15) is 4.79 Å². The summed E-state index contributed by atoms with van der Waals surface area (Å²) in [4.78, 5) is 11.4. The molecule has 0 bridgehead atoms. The molecule has 3 unspecified atom stereocenters. The lowest BCUT2D eigenvalue weighted by Gasteiger charge is -2.20.